The molecule has 12 heteroatoms. The third kappa shape index (κ3) is 9.07. The summed E-state index contributed by atoms with van der Waals surface area (Å²) in [5.74, 6) is 1.86. The molecule has 5 aromatic carbocycles. The maximum atomic E-state index is 12.6. The first-order valence-electron chi connectivity index (χ1n) is 23.0. The molecule has 0 bridgehead atoms. The predicted octanol–water partition coefficient (Wildman–Crippen LogP) is 12.0. The van der Waals surface area contributed by atoms with Crippen molar-refractivity contribution in [2.75, 3.05) is 0 Å². The van der Waals surface area contributed by atoms with Crippen molar-refractivity contribution in [2.45, 2.75) is 76.6 Å². The molecule has 6 nitrogen and oxygen atoms in total. The summed E-state index contributed by atoms with van der Waals surface area (Å²) in [6, 6.07) is 52.2. The average molecular weight is 1120 g/mol. The van der Waals surface area contributed by atoms with Gasteiger partial charge < -0.3 is 14.4 Å². The second-order valence-corrected chi connectivity index (χ2v) is 39.8. The molecule has 1 radical (unpaired) electrons. The Labute approximate surface area is 411 Å². The van der Waals surface area contributed by atoms with Crippen molar-refractivity contribution in [3.05, 3.63) is 152 Å². The topological polar surface area (TPSA) is 77.6 Å². The molecule has 0 saturated carbocycles. The summed E-state index contributed by atoms with van der Waals surface area (Å²) in [7, 11) is -6.15. The maximum absolute atomic E-state index is 12.6. The molecule has 9 aromatic rings. The average Bonchev–Trinajstić information content (AvgIpc) is 3.71. The largest absolute Gasteiger partial charge is 0.501 e. The van der Waals surface area contributed by atoms with Crippen LogP contribution in [0, 0.1) is 17.9 Å². The maximum Gasteiger partial charge on any atom is 0.164 e. The van der Waals surface area contributed by atoms with Gasteiger partial charge in [0.1, 0.15) is 5.58 Å². The van der Waals surface area contributed by atoms with Gasteiger partial charge in [-0.3, -0.25) is 4.39 Å². The number of hydrogen-bond acceptors (Lipinski definition) is 6. The fraction of sp³-hybridized carbons (Fsp3) is 0.218. The molecule has 0 spiro atoms. The van der Waals surface area contributed by atoms with Gasteiger partial charge >= 0.3 is 0 Å². The second-order valence-electron chi connectivity index (χ2n) is 20.6. The summed E-state index contributed by atoms with van der Waals surface area (Å²) in [6.07, 6.45) is 3.51. The predicted molar refractivity (Wildman–Crippen MR) is 282 cm³/mol. The van der Waals surface area contributed by atoms with Gasteiger partial charge in [-0.15, -0.1) is 48.0 Å². The number of aromatic nitrogens is 5. The van der Waals surface area contributed by atoms with Crippen molar-refractivity contribution in [3.63, 3.8) is 0 Å². The minimum atomic E-state index is -1.59. The van der Waals surface area contributed by atoms with Crippen molar-refractivity contribution in [3.8, 4) is 56.7 Å². The summed E-state index contributed by atoms with van der Waals surface area (Å²) in [5.41, 5.74) is 7.98. The molecule has 2 aliphatic rings. The van der Waals surface area contributed by atoms with Crippen LogP contribution in [0.4, 0.5) is 4.39 Å². The van der Waals surface area contributed by atoms with E-state index < -0.39 is 32.3 Å². The molecule has 0 atom stereocenters. The quantitative estimate of drug-likeness (QED) is 0.126. The number of furan rings is 1. The van der Waals surface area contributed by atoms with E-state index in [1.54, 1.807) is 33.0 Å². The fourth-order valence-corrected chi connectivity index (χ4v) is 30.4. The fourth-order valence-electron chi connectivity index (χ4n) is 9.89. The van der Waals surface area contributed by atoms with Crippen LogP contribution in [-0.2, 0) is 20.1 Å². The first-order chi connectivity index (χ1) is 31.6. The van der Waals surface area contributed by atoms with E-state index in [2.05, 4.69) is 135 Å². The molecule has 2 aliphatic heterocycles. The van der Waals surface area contributed by atoms with E-state index in [1.807, 2.05) is 48.7 Å². The minimum Gasteiger partial charge on any atom is -0.501 e. The summed E-state index contributed by atoms with van der Waals surface area (Å²) in [5, 5.41) is 8.54. The molecule has 67 heavy (non-hydrogen) atoms. The van der Waals surface area contributed by atoms with Crippen molar-refractivity contribution < 1.29 is 28.9 Å². The third-order valence-corrected chi connectivity index (χ3v) is 29.2. The van der Waals surface area contributed by atoms with E-state index in [0.717, 1.165) is 72.8 Å². The van der Waals surface area contributed by atoms with Crippen LogP contribution in [0.5, 0.6) is 0 Å². The molecule has 0 saturated heterocycles. The normalized spacial score (nSPS) is 16.3. The Morgan fingerprint density at radius 1 is 0.507 bits per heavy atom. The van der Waals surface area contributed by atoms with Crippen molar-refractivity contribution >= 4 is 75.0 Å². The molecule has 0 N–H and O–H groups in total. The molecular formula is C55H54FIrN5OSi4-2. The summed E-state index contributed by atoms with van der Waals surface area (Å²) in [4.78, 5) is 24.5. The Bertz CT molecular complexity index is 3190. The van der Waals surface area contributed by atoms with Gasteiger partial charge in [0.25, 0.3) is 0 Å². The van der Waals surface area contributed by atoms with Gasteiger partial charge in [0.05, 0.1) is 37.9 Å². The Balaban J connectivity index is 0.000000346. The van der Waals surface area contributed by atoms with Gasteiger partial charge in [0.2, 0.25) is 0 Å². The summed E-state index contributed by atoms with van der Waals surface area (Å²) in [6.45, 7) is 20.3. The van der Waals surface area contributed by atoms with Crippen LogP contribution in [0.2, 0.25) is 76.6 Å². The number of fused-ring (bicyclic) bond motifs is 5. The molecule has 6 heterocycles. The van der Waals surface area contributed by atoms with E-state index in [0.29, 0.717) is 5.82 Å². The van der Waals surface area contributed by atoms with Gasteiger partial charge in [-0.2, -0.15) is 0 Å². The zero-order valence-corrected chi connectivity index (χ0v) is 45.8. The van der Waals surface area contributed by atoms with Gasteiger partial charge in [-0.1, -0.05) is 181 Å². The van der Waals surface area contributed by atoms with Gasteiger partial charge in [0, 0.05) is 60.4 Å². The Hall–Kier alpha value is -5.34. The number of rotatable bonds is 5. The number of halogens is 1. The molecule has 11 rings (SSSR count). The van der Waals surface area contributed by atoms with E-state index in [9.17, 15) is 4.39 Å². The Morgan fingerprint density at radius 3 is 1.52 bits per heavy atom. The SMILES string of the molecule is C[Si]1(C)CC[Si](C)(C)c2cc(-c3nc(-c4ccc5c(c4)[Si](C)(C)CC[Si]5(C)C)nc(-c4ccc5c(c4)oc4c(-c6ccccn6)[c-]ccc45)n3)ccc21.Fc1c[c-]c(-c2ccccn2)cc1.[Ir]. The van der Waals surface area contributed by atoms with Crippen LogP contribution < -0.4 is 20.7 Å². The number of pyridine rings is 2. The standard InChI is InChI=1S/C44H47N4OSi4.C11H7FN.Ir/c1-50(2)22-24-52(5,6)39-27-30(16-19-37(39)50)43-46-42(47-44(48-43)31-17-20-38-40(28-31)53(7,8)25-23-51(38,3)4)29-15-18-32-33-12-11-13-34(35-14-9-10-21-45-35)41(33)49-36(32)26-29;12-10-6-4-9(5-7-10)11-3-1-2-8-13-11;/h9-12,14-21,26-28H,22-25H2,1-8H3;1-4,6-8H;/q2*-1;. The van der Waals surface area contributed by atoms with Gasteiger partial charge in [0.15, 0.2) is 17.5 Å². The number of hydrogen-bond donors (Lipinski definition) is 0. The van der Waals surface area contributed by atoms with Crippen LogP contribution in [-0.4, -0.2) is 57.2 Å². The molecule has 4 aromatic heterocycles. The van der Waals surface area contributed by atoms with Gasteiger partial charge in [-0.05, 0) is 29.6 Å². The smallest absolute Gasteiger partial charge is 0.164 e. The molecule has 0 fully saturated rings. The molecular weight excluding hydrogens is 1070 g/mol. The second kappa shape index (κ2) is 18.0. The van der Waals surface area contributed by atoms with Crippen molar-refractivity contribution in [1.82, 2.24) is 24.9 Å². The Kier molecular flexibility index (Phi) is 12.5. The molecule has 0 aliphatic carbocycles. The van der Waals surface area contributed by atoms with Crippen LogP contribution >= 0.6 is 0 Å². The number of nitrogens with zero attached hydrogens (tertiary/aromatic N) is 5. The van der Waals surface area contributed by atoms with Crippen LogP contribution in [0.25, 0.3) is 78.6 Å². The van der Waals surface area contributed by atoms with Gasteiger partial charge in [-0.25, -0.2) is 15.0 Å². The van der Waals surface area contributed by atoms with E-state index in [1.165, 1.54) is 36.3 Å². The first kappa shape index (κ1) is 46.8. The van der Waals surface area contributed by atoms with E-state index >= 15 is 0 Å². The van der Waals surface area contributed by atoms with Crippen LogP contribution in [0.1, 0.15) is 0 Å². The first-order valence-corrected chi connectivity index (χ1v) is 35.8. The van der Waals surface area contributed by atoms with Crippen molar-refractivity contribution in [2.24, 2.45) is 0 Å². The molecule has 339 valence electrons. The molecule has 0 amide bonds. The molecule has 0 unspecified atom stereocenters. The third-order valence-electron chi connectivity index (χ3n) is 14.2. The monoisotopic (exact) mass is 1120 g/mol. The van der Waals surface area contributed by atoms with Crippen LogP contribution in [0.3, 0.4) is 0 Å². The zero-order chi connectivity index (χ0) is 46.0. The van der Waals surface area contributed by atoms with E-state index in [-0.39, 0.29) is 25.9 Å². The zero-order valence-electron chi connectivity index (χ0n) is 39.4. The summed E-state index contributed by atoms with van der Waals surface area (Å²) < 4.78 is 19.2. The minimum absolute atomic E-state index is 0. The van der Waals surface area contributed by atoms with E-state index in [4.69, 9.17) is 19.4 Å². The van der Waals surface area contributed by atoms with Crippen LogP contribution in [0.15, 0.2) is 138 Å². The Morgan fingerprint density at radius 2 is 1.01 bits per heavy atom. The number of benzene rings is 5. The summed E-state index contributed by atoms with van der Waals surface area (Å²) >= 11 is 0. The van der Waals surface area contributed by atoms with Crippen molar-refractivity contribution in [1.29, 1.82) is 0 Å².